The maximum absolute atomic E-state index is 12.8. The molecule has 0 atom stereocenters. The van der Waals surface area contributed by atoms with Crippen LogP contribution < -0.4 is 10.2 Å². The van der Waals surface area contributed by atoms with Crippen LogP contribution in [0.15, 0.2) is 48.4 Å². The number of carbonyl (C=O) groups is 1. The van der Waals surface area contributed by atoms with Gasteiger partial charge in [-0.1, -0.05) is 11.6 Å². The summed E-state index contributed by atoms with van der Waals surface area (Å²) in [7, 11) is 0. The van der Waals surface area contributed by atoms with Gasteiger partial charge in [0.05, 0.1) is 5.56 Å². The van der Waals surface area contributed by atoms with Crippen molar-refractivity contribution in [3.05, 3.63) is 54.0 Å². The highest BCUT2D eigenvalue weighted by Crippen LogP contribution is 2.20. The van der Waals surface area contributed by atoms with Gasteiger partial charge in [-0.2, -0.15) is 0 Å². The lowest BCUT2D eigenvalue weighted by Gasteiger charge is -2.34. The molecule has 3 heterocycles. The summed E-state index contributed by atoms with van der Waals surface area (Å²) in [4.78, 5) is 29.8. The Morgan fingerprint density at radius 1 is 1.03 bits per heavy atom. The predicted octanol–water partition coefficient (Wildman–Crippen LogP) is 3.14. The Balaban J connectivity index is 1.25. The van der Waals surface area contributed by atoms with Crippen LogP contribution in [0, 0.1) is 0 Å². The van der Waals surface area contributed by atoms with Gasteiger partial charge in [-0.3, -0.25) is 4.79 Å². The van der Waals surface area contributed by atoms with Crippen LogP contribution in [0.1, 0.15) is 42.5 Å². The lowest BCUT2D eigenvalue weighted by molar-refractivity contribution is 0.0746. The Morgan fingerprint density at radius 3 is 2.55 bits per heavy atom. The Labute approximate surface area is 171 Å². The highest BCUT2D eigenvalue weighted by Gasteiger charge is 2.23. The van der Waals surface area contributed by atoms with Crippen LogP contribution in [0.5, 0.6) is 0 Å². The minimum absolute atomic E-state index is 0.0324. The largest absolute Gasteiger partial charge is 0.370 e. The maximum Gasteiger partial charge on any atom is 0.255 e. The van der Waals surface area contributed by atoms with E-state index in [-0.39, 0.29) is 5.91 Å². The van der Waals surface area contributed by atoms with Crippen molar-refractivity contribution in [3.8, 4) is 0 Å². The Morgan fingerprint density at radius 2 is 1.86 bits per heavy atom. The SMILES string of the molecule is O=C(c1ccc(NCCC2=CCCCC2)nc1)N1CCN(c2ncccn2)CC1. The molecule has 29 heavy (non-hydrogen) atoms. The van der Waals surface area contributed by atoms with Crippen LogP contribution in [0.3, 0.4) is 0 Å². The van der Waals surface area contributed by atoms with Gasteiger partial charge < -0.3 is 15.1 Å². The molecular weight excluding hydrogens is 364 g/mol. The fraction of sp³-hybridized carbons (Fsp3) is 0.455. The standard InChI is InChI=1S/C22H28N6O/c29-21(27-13-15-28(16-14-27)22-24-10-4-11-25-22)19-7-8-20(26-17-19)23-12-9-18-5-2-1-3-6-18/h4-5,7-8,10-11,17H,1-3,6,9,12-16H2,(H,23,26). The molecule has 7 heteroatoms. The average molecular weight is 393 g/mol. The van der Waals surface area contributed by atoms with E-state index in [4.69, 9.17) is 0 Å². The van der Waals surface area contributed by atoms with Gasteiger partial charge in [-0.25, -0.2) is 15.0 Å². The molecule has 0 radical (unpaired) electrons. The molecule has 1 aliphatic heterocycles. The van der Waals surface area contributed by atoms with E-state index >= 15 is 0 Å². The number of hydrogen-bond donors (Lipinski definition) is 1. The monoisotopic (exact) mass is 392 g/mol. The molecule has 1 saturated heterocycles. The molecule has 0 unspecified atom stereocenters. The number of aromatic nitrogens is 3. The van der Waals surface area contributed by atoms with Crippen LogP contribution >= 0.6 is 0 Å². The molecule has 1 amide bonds. The van der Waals surface area contributed by atoms with Gasteiger partial charge >= 0.3 is 0 Å². The van der Waals surface area contributed by atoms with E-state index in [1.165, 1.54) is 25.7 Å². The van der Waals surface area contributed by atoms with Gasteiger partial charge in [-0.15, -0.1) is 0 Å². The summed E-state index contributed by atoms with van der Waals surface area (Å²) in [6.45, 7) is 3.67. The van der Waals surface area contributed by atoms with Crippen molar-refractivity contribution in [1.82, 2.24) is 19.9 Å². The van der Waals surface area contributed by atoms with E-state index in [2.05, 4.69) is 31.2 Å². The lowest BCUT2D eigenvalue weighted by Crippen LogP contribution is -2.49. The van der Waals surface area contributed by atoms with Crippen molar-refractivity contribution in [1.29, 1.82) is 0 Å². The molecule has 4 rings (SSSR count). The molecule has 2 aliphatic rings. The molecule has 2 aromatic rings. The quantitative estimate of drug-likeness (QED) is 0.762. The van der Waals surface area contributed by atoms with Crippen molar-refractivity contribution in [2.24, 2.45) is 0 Å². The van der Waals surface area contributed by atoms with E-state index in [1.807, 2.05) is 23.1 Å². The number of nitrogens with zero attached hydrogens (tertiary/aromatic N) is 5. The summed E-state index contributed by atoms with van der Waals surface area (Å²) in [5.41, 5.74) is 2.19. The Hall–Kier alpha value is -2.96. The summed E-state index contributed by atoms with van der Waals surface area (Å²) >= 11 is 0. The summed E-state index contributed by atoms with van der Waals surface area (Å²) in [5.74, 6) is 1.58. The van der Waals surface area contributed by atoms with Crippen LogP contribution in [-0.4, -0.2) is 58.5 Å². The fourth-order valence-corrected chi connectivity index (χ4v) is 3.85. The number of amides is 1. The van der Waals surface area contributed by atoms with E-state index < -0.39 is 0 Å². The van der Waals surface area contributed by atoms with Crippen molar-refractivity contribution in [2.75, 3.05) is 42.9 Å². The van der Waals surface area contributed by atoms with E-state index in [9.17, 15) is 4.79 Å². The van der Waals surface area contributed by atoms with Gasteiger partial charge in [0.15, 0.2) is 0 Å². The molecule has 2 aromatic heterocycles. The van der Waals surface area contributed by atoms with E-state index in [1.54, 1.807) is 24.2 Å². The number of allylic oxidation sites excluding steroid dienone is 1. The minimum atomic E-state index is 0.0324. The average Bonchev–Trinajstić information content (AvgIpc) is 2.80. The third-order valence-electron chi connectivity index (χ3n) is 5.55. The molecule has 0 aromatic carbocycles. The van der Waals surface area contributed by atoms with Gasteiger partial charge in [-0.05, 0) is 50.3 Å². The normalized spacial score (nSPS) is 17.0. The first-order chi connectivity index (χ1) is 14.3. The molecule has 1 aliphatic carbocycles. The summed E-state index contributed by atoms with van der Waals surface area (Å²) in [6, 6.07) is 5.57. The van der Waals surface area contributed by atoms with Gasteiger partial charge in [0, 0.05) is 51.3 Å². The number of carbonyl (C=O) groups excluding carboxylic acids is 1. The molecular formula is C22H28N6O. The van der Waals surface area contributed by atoms with Gasteiger partial charge in [0.1, 0.15) is 5.82 Å². The summed E-state index contributed by atoms with van der Waals surface area (Å²) in [6.07, 6.45) is 13.7. The van der Waals surface area contributed by atoms with Crippen molar-refractivity contribution >= 4 is 17.7 Å². The first-order valence-corrected chi connectivity index (χ1v) is 10.5. The van der Waals surface area contributed by atoms with Crippen molar-refractivity contribution < 1.29 is 4.79 Å². The third kappa shape index (κ3) is 5.10. The molecule has 1 fully saturated rings. The molecule has 0 spiro atoms. The van der Waals surface area contributed by atoms with E-state index in [0.717, 1.165) is 37.8 Å². The second-order valence-electron chi connectivity index (χ2n) is 7.55. The minimum Gasteiger partial charge on any atom is -0.370 e. The van der Waals surface area contributed by atoms with Crippen LogP contribution in [0.4, 0.5) is 11.8 Å². The second-order valence-corrected chi connectivity index (χ2v) is 7.55. The molecule has 152 valence electrons. The first-order valence-electron chi connectivity index (χ1n) is 10.5. The third-order valence-corrected chi connectivity index (χ3v) is 5.55. The summed E-state index contributed by atoms with van der Waals surface area (Å²) in [5, 5.41) is 3.36. The molecule has 0 bridgehead atoms. The second kappa shape index (κ2) is 9.49. The zero-order valence-corrected chi connectivity index (χ0v) is 16.8. The van der Waals surface area contributed by atoms with E-state index in [0.29, 0.717) is 18.7 Å². The highest BCUT2D eigenvalue weighted by atomic mass is 16.2. The number of rotatable bonds is 6. The topological polar surface area (TPSA) is 74.2 Å². The zero-order chi connectivity index (χ0) is 19.9. The maximum atomic E-state index is 12.8. The van der Waals surface area contributed by atoms with Crippen molar-refractivity contribution in [3.63, 3.8) is 0 Å². The molecule has 1 N–H and O–H groups in total. The molecule has 0 saturated carbocycles. The lowest BCUT2D eigenvalue weighted by atomic mass is 9.97. The van der Waals surface area contributed by atoms with Gasteiger partial charge in [0.25, 0.3) is 5.91 Å². The zero-order valence-electron chi connectivity index (χ0n) is 16.8. The predicted molar refractivity (Wildman–Crippen MR) is 114 cm³/mol. The number of pyridine rings is 1. The van der Waals surface area contributed by atoms with Crippen LogP contribution in [0.2, 0.25) is 0 Å². The highest BCUT2D eigenvalue weighted by molar-refractivity contribution is 5.94. The molecule has 7 nitrogen and oxygen atoms in total. The van der Waals surface area contributed by atoms with Crippen molar-refractivity contribution in [2.45, 2.75) is 32.1 Å². The van der Waals surface area contributed by atoms with Gasteiger partial charge in [0.2, 0.25) is 5.95 Å². The fourth-order valence-electron chi connectivity index (χ4n) is 3.85. The smallest absolute Gasteiger partial charge is 0.255 e. The number of anilines is 2. The van der Waals surface area contributed by atoms with Crippen LogP contribution in [0.25, 0.3) is 0 Å². The Bertz CT molecular complexity index is 828. The number of nitrogens with one attached hydrogen (secondary N) is 1. The summed E-state index contributed by atoms with van der Waals surface area (Å²) < 4.78 is 0. The first kappa shape index (κ1) is 19.4. The number of hydrogen-bond acceptors (Lipinski definition) is 6. The number of piperazine rings is 1. The van der Waals surface area contributed by atoms with Crippen LogP contribution in [-0.2, 0) is 0 Å². The Kier molecular flexibility index (Phi) is 6.34.